The van der Waals surface area contributed by atoms with Crippen LogP contribution in [0.25, 0.3) is 0 Å². The molecule has 0 saturated heterocycles. The van der Waals surface area contributed by atoms with E-state index in [0.717, 1.165) is 24.8 Å². The Hall–Kier alpha value is -1.42. The van der Waals surface area contributed by atoms with Gasteiger partial charge in [0.1, 0.15) is 5.82 Å². The van der Waals surface area contributed by atoms with E-state index in [4.69, 9.17) is 0 Å². The highest BCUT2D eigenvalue weighted by molar-refractivity contribution is 5.48. The van der Waals surface area contributed by atoms with Gasteiger partial charge in [0, 0.05) is 18.6 Å². The minimum atomic E-state index is -0.243. The van der Waals surface area contributed by atoms with E-state index in [-0.39, 0.29) is 5.82 Å². The lowest BCUT2D eigenvalue weighted by molar-refractivity contribution is -0.123. The van der Waals surface area contributed by atoms with Crippen molar-refractivity contribution in [3.8, 4) is 0 Å². The minimum absolute atomic E-state index is 0.243. The van der Waals surface area contributed by atoms with Crippen molar-refractivity contribution < 1.29 is 9.18 Å². The number of benzene rings is 1. The zero-order valence-corrected chi connectivity index (χ0v) is 10.8. The predicted octanol–water partition coefficient (Wildman–Crippen LogP) is 1.88. The Labute approximate surface area is 107 Å². The molecule has 1 aromatic rings. The maximum absolute atomic E-state index is 12.8. The molecular formula is C14H19FN2O. The average molecular weight is 250 g/mol. The van der Waals surface area contributed by atoms with E-state index in [0.29, 0.717) is 18.6 Å². The molecule has 0 heterocycles. The molecule has 1 aliphatic carbocycles. The van der Waals surface area contributed by atoms with Crippen molar-refractivity contribution in [2.24, 2.45) is 0 Å². The standard InChI is InChI=1S/C14H19FN2O/c1-16(2)13-7-14(8-13)17(10-18)9-11-3-5-12(15)6-4-11/h3-6,10,13-14H,7-9H2,1-2H3. The number of amides is 1. The van der Waals surface area contributed by atoms with Crippen LogP contribution < -0.4 is 0 Å². The molecule has 4 heteroatoms. The van der Waals surface area contributed by atoms with Crippen molar-refractivity contribution >= 4 is 6.41 Å². The van der Waals surface area contributed by atoms with Gasteiger partial charge in [-0.3, -0.25) is 4.79 Å². The molecule has 0 unspecified atom stereocenters. The van der Waals surface area contributed by atoms with Gasteiger partial charge in [0.05, 0.1) is 0 Å². The van der Waals surface area contributed by atoms with E-state index in [2.05, 4.69) is 19.0 Å². The maximum Gasteiger partial charge on any atom is 0.210 e. The fraction of sp³-hybridized carbons (Fsp3) is 0.500. The third-order valence-corrected chi connectivity index (χ3v) is 3.70. The Bertz CT molecular complexity index is 399. The molecule has 0 radical (unpaired) electrons. The van der Waals surface area contributed by atoms with Gasteiger partial charge in [-0.05, 0) is 44.6 Å². The Balaban J connectivity index is 1.91. The summed E-state index contributed by atoms with van der Waals surface area (Å²) in [7, 11) is 4.12. The first-order valence-electron chi connectivity index (χ1n) is 6.22. The molecule has 3 nitrogen and oxygen atoms in total. The van der Waals surface area contributed by atoms with Gasteiger partial charge >= 0.3 is 0 Å². The molecule has 0 spiro atoms. The smallest absolute Gasteiger partial charge is 0.210 e. The van der Waals surface area contributed by atoms with Crippen LogP contribution in [0, 0.1) is 5.82 Å². The van der Waals surface area contributed by atoms with Crippen molar-refractivity contribution in [1.82, 2.24) is 9.80 Å². The number of rotatable bonds is 5. The largest absolute Gasteiger partial charge is 0.338 e. The molecule has 18 heavy (non-hydrogen) atoms. The van der Waals surface area contributed by atoms with Crippen molar-refractivity contribution in [3.63, 3.8) is 0 Å². The number of carbonyl (C=O) groups excluding carboxylic acids is 1. The SMILES string of the molecule is CN(C)C1CC(N(C=O)Cc2ccc(F)cc2)C1. The monoisotopic (exact) mass is 250 g/mol. The summed E-state index contributed by atoms with van der Waals surface area (Å²) in [6.45, 7) is 0.564. The van der Waals surface area contributed by atoms with Gasteiger partial charge in [0.2, 0.25) is 6.41 Å². The number of hydrogen-bond acceptors (Lipinski definition) is 2. The summed E-state index contributed by atoms with van der Waals surface area (Å²) < 4.78 is 12.8. The van der Waals surface area contributed by atoms with Gasteiger partial charge in [0.15, 0.2) is 0 Å². The van der Waals surface area contributed by atoms with Gasteiger partial charge in [-0.1, -0.05) is 12.1 Å². The van der Waals surface area contributed by atoms with Crippen LogP contribution >= 0.6 is 0 Å². The summed E-state index contributed by atoms with van der Waals surface area (Å²) >= 11 is 0. The molecule has 1 aliphatic rings. The number of nitrogens with zero attached hydrogens (tertiary/aromatic N) is 2. The highest BCUT2D eigenvalue weighted by atomic mass is 19.1. The fourth-order valence-corrected chi connectivity index (χ4v) is 2.30. The quantitative estimate of drug-likeness (QED) is 0.745. The number of halogens is 1. The van der Waals surface area contributed by atoms with Crippen LogP contribution in [0.2, 0.25) is 0 Å². The molecule has 0 aliphatic heterocycles. The second-order valence-electron chi connectivity index (χ2n) is 5.15. The summed E-state index contributed by atoms with van der Waals surface area (Å²) in [6, 6.07) is 7.22. The molecule has 1 saturated carbocycles. The van der Waals surface area contributed by atoms with Crippen molar-refractivity contribution in [2.45, 2.75) is 31.5 Å². The summed E-state index contributed by atoms with van der Waals surface area (Å²) in [5.41, 5.74) is 0.969. The highest BCUT2D eigenvalue weighted by Crippen LogP contribution is 2.28. The first-order valence-corrected chi connectivity index (χ1v) is 6.22. The Kier molecular flexibility index (Phi) is 3.97. The van der Waals surface area contributed by atoms with Crippen molar-refractivity contribution in [3.05, 3.63) is 35.6 Å². The first-order chi connectivity index (χ1) is 8.60. The highest BCUT2D eigenvalue weighted by Gasteiger charge is 2.34. The normalized spacial score (nSPS) is 22.7. The second-order valence-corrected chi connectivity index (χ2v) is 5.15. The lowest BCUT2D eigenvalue weighted by Crippen LogP contribution is -2.51. The molecule has 0 N–H and O–H groups in total. The molecule has 0 aromatic heterocycles. The van der Waals surface area contributed by atoms with Gasteiger partial charge in [0.25, 0.3) is 0 Å². The summed E-state index contributed by atoms with van der Waals surface area (Å²) in [5, 5.41) is 0. The van der Waals surface area contributed by atoms with E-state index in [9.17, 15) is 9.18 Å². The molecule has 1 fully saturated rings. The van der Waals surface area contributed by atoms with Gasteiger partial charge in [-0.2, -0.15) is 0 Å². The summed E-state index contributed by atoms with van der Waals surface area (Å²) in [6.07, 6.45) is 2.94. The van der Waals surface area contributed by atoms with Crippen LogP contribution in [0.15, 0.2) is 24.3 Å². The molecule has 1 aromatic carbocycles. The predicted molar refractivity (Wildman–Crippen MR) is 68.5 cm³/mol. The number of hydrogen-bond donors (Lipinski definition) is 0. The van der Waals surface area contributed by atoms with Crippen LogP contribution in [-0.4, -0.2) is 42.4 Å². The van der Waals surface area contributed by atoms with Gasteiger partial charge in [-0.25, -0.2) is 4.39 Å². The number of carbonyl (C=O) groups is 1. The summed E-state index contributed by atoms with van der Waals surface area (Å²) in [5.74, 6) is -0.243. The maximum atomic E-state index is 12.8. The zero-order valence-electron chi connectivity index (χ0n) is 10.8. The average Bonchev–Trinajstić information content (AvgIpc) is 2.28. The lowest BCUT2D eigenvalue weighted by Gasteiger charge is -2.44. The van der Waals surface area contributed by atoms with Crippen LogP contribution in [0.3, 0.4) is 0 Å². The third-order valence-electron chi connectivity index (χ3n) is 3.70. The molecule has 2 rings (SSSR count). The van der Waals surface area contributed by atoms with E-state index in [1.165, 1.54) is 12.1 Å². The second kappa shape index (κ2) is 5.48. The van der Waals surface area contributed by atoms with E-state index in [1.807, 2.05) is 4.90 Å². The van der Waals surface area contributed by atoms with Crippen LogP contribution in [-0.2, 0) is 11.3 Å². The molecular weight excluding hydrogens is 231 g/mol. The fourth-order valence-electron chi connectivity index (χ4n) is 2.30. The molecule has 1 amide bonds. The van der Waals surface area contributed by atoms with Crippen molar-refractivity contribution in [2.75, 3.05) is 14.1 Å². The lowest BCUT2D eigenvalue weighted by atomic mass is 9.85. The Morgan fingerprint density at radius 3 is 2.33 bits per heavy atom. The van der Waals surface area contributed by atoms with Gasteiger partial charge < -0.3 is 9.80 Å². The Morgan fingerprint density at radius 2 is 1.83 bits per heavy atom. The molecule has 0 bridgehead atoms. The van der Waals surface area contributed by atoms with E-state index in [1.54, 1.807) is 12.1 Å². The van der Waals surface area contributed by atoms with Crippen LogP contribution in [0.5, 0.6) is 0 Å². The van der Waals surface area contributed by atoms with Crippen LogP contribution in [0.4, 0.5) is 4.39 Å². The van der Waals surface area contributed by atoms with E-state index >= 15 is 0 Å². The van der Waals surface area contributed by atoms with Gasteiger partial charge in [-0.15, -0.1) is 0 Å². The first kappa shape index (κ1) is 13.0. The minimum Gasteiger partial charge on any atom is -0.338 e. The van der Waals surface area contributed by atoms with Crippen LogP contribution in [0.1, 0.15) is 18.4 Å². The topological polar surface area (TPSA) is 23.6 Å². The molecule has 0 atom stereocenters. The van der Waals surface area contributed by atoms with E-state index < -0.39 is 0 Å². The third kappa shape index (κ3) is 2.88. The molecule has 98 valence electrons. The summed E-state index contributed by atoms with van der Waals surface area (Å²) in [4.78, 5) is 15.1. The van der Waals surface area contributed by atoms with Crippen molar-refractivity contribution in [1.29, 1.82) is 0 Å². The Morgan fingerprint density at radius 1 is 1.22 bits per heavy atom. The zero-order chi connectivity index (χ0) is 13.1.